The van der Waals surface area contributed by atoms with E-state index in [1.807, 2.05) is 0 Å². The van der Waals surface area contributed by atoms with Crippen molar-refractivity contribution in [3.8, 4) is 5.75 Å². The van der Waals surface area contributed by atoms with E-state index in [1.165, 1.54) is 19.2 Å². The van der Waals surface area contributed by atoms with Crippen LogP contribution in [0.5, 0.6) is 5.75 Å². The van der Waals surface area contributed by atoms with Gasteiger partial charge in [0.05, 0.1) is 17.6 Å². The summed E-state index contributed by atoms with van der Waals surface area (Å²) < 4.78 is 33.1. The van der Waals surface area contributed by atoms with E-state index in [0.29, 0.717) is 13.0 Å². The molecule has 1 aliphatic rings. The highest BCUT2D eigenvalue weighted by Crippen LogP contribution is 2.22. The molecule has 1 aromatic rings. The zero-order chi connectivity index (χ0) is 16.2. The maximum absolute atomic E-state index is 12.1. The zero-order valence-corrected chi connectivity index (χ0v) is 12.9. The van der Waals surface area contributed by atoms with Crippen LogP contribution in [0.3, 0.4) is 0 Å². The number of benzene rings is 1. The second kappa shape index (κ2) is 7.05. The zero-order valence-electron chi connectivity index (χ0n) is 12.1. The first-order valence-corrected chi connectivity index (χ1v) is 8.25. The smallest absolute Gasteiger partial charge is 0.278 e. The monoisotopic (exact) mass is 330 g/mol. The van der Waals surface area contributed by atoms with E-state index in [4.69, 9.17) is 19.5 Å². The fraction of sp³-hybridized carbons (Fsp3) is 0.462. The highest BCUT2D eigenvalue weighted by molar-refractivity contribution is 7.89. The van der Waals surface area contributed by atoms with E-state index >= 15 is 0 Å². The number of sulfonamides is 1. The molecular formula is C13H18N2O6S. The van der Waals surface area contributed by atoms with Crippen LogP contribution in [0.2, 0.25) is 0 Å². The van der Waals surface area contributed by atoms with Crippen molar-refractivity contribution < 1.29 is 27.5 Å². The number of nitrogens with one attached hydrogen (secondary N) is 1. The Morgan fingerprint density at radius 3 is 2.77 bits per heavy atom. The summed E-state index contributed by atoms with van der Waals surface area (Å²) in [6, 6.07) is 3.75. The summed E-state index contributed by atoms with van der Waals surface area (Å²) >= 11 is 0. The van der Waals surface area contributed by atoms with E-state index in [2.05, 4.69) is 5.48 Å². The number of rotatable bonds is 5. The molecule has 2 rings (SSSR count). The molecule has 1 aromatic carbocycles. The highest BCUT2D eigenvalue weighted by atomic mass is 32.2. The summed E-state index contributed by atoms with van der Waals surface area (Å²) in [6.07, 6.45) is 2.07. The molecule has 0 saturated carbocycles. The van der Waals surface area contributed by atoms with E-state index in [9.17, 15) is 13.2 Å². The summed E-state index contributed by atoms with van der Waals surface area (Å²) in [5.74, 6) is -0.436. The summed E-state index contributed by atoms with van der Waals surface area (Å²) in [7, 11) is -2.55. The molecule has 0 radical (unpaired) electrons. The molecule has 8 nitrogen and oxygen atoms in total. The standard InChI is InChI=1S/C13H18N2O6S/c1-19-11-6-5-9(22(14,17)18)8-10(11)13(16)15-21-12-4-2-3-7-20-12/h5-6,8,12H,2-4,7H2,1H3,(H,15,16)(H2,14,17,18). The van der Waals surface area contributed by atoms with Gasteiger partial charge in [0.2, 0.25) is 10.0 Å². The number of hydroxylamine groups is 1. The minimum absolute atomic E-state index is 0.00448. The molecule has 22 heavy (non-hydrogen) atoms. The van der Waals surface area contributed by atoms with Crippen molar-refractivity contribution in [1.82, 2.24) is 5.48 Å². The first-order valence-electron chi connectivity index (χ1n) is 6.70. The SMILES string of the molecule is COc1ccc(S(N)(=O)=O)cc1C(=O)NOC1CCCCO1. The molecule has 1 fully saturated rings. The summed E-state index contributed by atoms with van der Waals surface area (Å²) in [5.41, 5.74) is 2.25. The van der Waals surface area contributed by atoms with Gasteiger partial charge in [-0.25, -0.2) is 23.9 Å². The van der Waals surface area contributed by atoms with Gasteiger partial charge >= 0.3 is 0 Å². The molecule has 9 heteroatoms. The molecule has 0 bridgehead atoms. The van der Waals surface area contributed by atoms with Gasteiger partial charge in [0.25, 0.3) is 5.91 Å². The molecule has 1 aliphatic heterocycles. The second-order valence-corrected chi connectivity index (χ2v) is 6.31. The summed E-state index contributed by atoms with van der Waals surface area (Å²) in [5, 5.41) is 5.06. The Hall–Kier alpha value is -1.68. The summed E-state index contributed by atoms with van der Waals surface area (Å²) in [4.78, 5) is 17.1. The first-order chi connectivity index (χ1) is 10.4. The van der Waals surface area contributed by atoms with Gasteiger partial charge in [0.1, 0.15) is 5.75 Å². The topological polar surface area (TPSA) is 117 Å². The van der Waals surface area contributed by atoms with Gasteiger partial charge in [-0.3, -0.25) is 4.79 Å². The van der Waals surface area contributed by atoms with Crippen LogP contribution in [-0.2, 0) is 19.6 Å². The third-order valence-corrected chi connectivity index (χ3v) is 4.08. The molecular weight excluding hydrogens is 312 g/mol. The number of hydrogen-bond acceptors (Lipinski definition) is 6. The number of primary sulfonamides is 1. The van der Waals surface area contributed by atoms with Crippen molar-refractivity contribution in [2.45, 2.75) is 30.4 Å². The molecule has 0 spiro atoms. The van der Waals surface area contributed by atoms with Crippen molar-refractivity contribution >= 4 is 15.9 Å². The number of amides is 1. The van der Waals surface area contributed by atoms with Crippen LogP contribution in [0.25, 0.3) is 0 Å². The molecule has 1 amide bonds. The average molecular weight is 330 g/mol. The molecule has 1 saturated heterocycles. The van der Waals surface area contributed by atoms with Crippen molar-refractivity contribution in [3.63, 3.8) is 0 Å². The quantitative estimate of drug-likeness (QED) is 0.761. The van der Waals surface area contributed by atoms with Gasteiger partial charge in [0, 0.05) is 13.0 Å². The lowest BCUT2D eigenvalue weighted by Gasteiger charge is -2.22. The van der Waals surface area contributed by atoms with Gasteiger partial charge in [-0.15, -0.1) is 0 Å². The fourth-order valence-electron chi connectivity index (χ4n) is 2.02. The molecule has 3 N–H and O–H groups in total. The average Bonchev–Trinajstić information content (AvgIpc) is 2.52. The van der Waals surface area contributed by atoms with Crippen molar-refractivity contribution in [1.29, 1.82) is 0 Å². The van der Waals surface area contributed by atoms with Crippen LogP contribution >= 0.6 is 0 Å². The van der Waals surface area contributed by atoms with Crippen LogP contribution in [0.4, 0.5) is 0 Å². The van der Waals surface area contributed by atoms with E-state index in [0.717, 1.165) is 18.9 Å². The Morgan fingerprint density at radius 2 is 2.18 bits per heavy atom. The Balaban J connectivity index is 2.13. The number of carbonyl (C=O) groups is 1. The van der Waals surface area contributed by atoms with Crippen LogP contribution in [-0.4, -0.2) is 34.3 Å². The van der Waals surface area contributed by atoms with Crippen molar-refractivity contribution in [2.24, 2.45) is 5.14 Å². The Bertz CT molecular complexity index is 640. The van der Waals surface area contributed by atoms with Crippen LogP contribution in [0, 0.1) is 0 Å². The molecule has 122 valence electrons. The van der Waals surface area contributed by atoms with E-state index in [-0.39, 0.29) is 16.2 Å². The van der Waals surface area contributed by atoms with Crippen molar-refractivity contribution in [2.75, 3.05) is 13.7 Å². The Kier molecular flexibility index (Phi) is 5.35. The predicted molar refractivity (Wildman–Crippen MR) is 76.5 cm³/mol. The highest BCUT2D eigenvalue weighted by Gasteiger charge is 2.20. The van der Waals surface area contributed by atoms with E-state index in [1.54, 1.807) is 0 Å². The number of nitrogens with two attached hydrogens (primary N) is 1. The molecule has 0 aromatic heterocycles. The lowest BCUT2D eigenvalue weighted by Crippen LogP contribution is -2.33. The van der Waals surface area contributed by atoms with Gasteiger partial charge in [0.15, 0.2) is 6.29 Å². The van der Waals surface area contributed by atoms with Crippen molar-refractivity contribution in [3.05, 3.63) is 23.8 Å². The predicted octanol–water partition coefficient (Wildman–Crippen LogP) is 0.531. The second-order valence-electron chi connectivity index (χ2n) is 4.75. The lowest BCUT2D eigenvalue weighted by molar-refractivity contribution is -0.186. The van der Waals surface area contributed by atoms with Crippen LogP contribution in [0.1, 0.15) is 29.6 Å². The first kappa shape index (κ1) is 16.7. The van der Waals surface area contributed by atoms with Gasteiger partial charge < -0.3 is 9.47 Å². The van der Waals surface area contributed by atoms with E-state index < -0.39 is 22.2 Å². The van der Waals surface area contributed by atoms with Gasteiger partial charge in [-0.05, 0) is 31.0 Å². The third-order valence-electron chi connectivity index (χ3n) is 3.17. The van der Waals surface area contributed by atoms with Gasteiger partial charge in [-0.1, -0.05) is 0 Å². The molecule has 1 unspecified atom stereocenters. The largest absolute Gasteiger partial charge is 0.496 e. The number of methoxy groups -OCH3 is 1. The molecule has 0 aliphatic carbocycles. The molecule has 1 heterocycles. The fourth-order valence-corrected chi connectivity index (χ4v) is 2.56. The van der Waals surface area contributed by atoms with Gasteiger partial charge in [-0.2, -0.15) is 0 Å². The normalized spacial score (nSPS) is 18.7. The Morgan fingerprint density at radius 1 is 1.41 bits per heavy atom. The maximum Gasteiger partial charge on any atom is 0.278 e. The minimum atomic E-state index is -3.92. The maximum atomic E-state index is 12.1. The van der Waals surface area contributed by atoms with Crippen LogP contribution in [0.15, 0.2) is 23.1 Å². The lowest BCUT2D eigenvalue weighted by atomic mass is 10.2. The summed E-state index contributed by atoms with van der Waals surface area (Å²) in [6.45, 7) is 0.574. The Labute approximate surface area is 128 Å². The van der Waals surface area contributed by atoms with Crippen LogP contribution < -0.4 is 15.4 Å². The number of ether oxygens (including phenoxy) is 2. The number of hydrogen-bond donors (Lipinski definition) is 2. The minimum Gasteiger partial charge on any atom is -0.496 e. The third kappa shape index (κ3) is 4.17. The molecule has 1 atom stereocenters. The number of carbonyl (C=O) groups excluding carboxylic acids is 1.